The molecule has 0 bridgehead atoms. The molecule has 2 aromatic rings. The van der Waals surface area contributed by atoms with Crippen LogP contribution < -0.4 is 0 Å². The van der Waals surface area contributed by atoms with Crippen LogP contribution in [0.5, 0.6) is 0 Å². The minimum absolute atomic E-state index is 0. The Labute approximate surface area is 438 Å². The zero-order valence-corrected chi connectivity index (χ0v) is 41.2. The quantitative estimate of drug-likeness (QED) is 0.191. The van der Waals surface area contributed by atoms with E-state index in [0.29, 0.717) is 13.2 Å². The minimum atomic E-state index is -0.833. The van der Waals surface area contributed by atoms with Crippen LogP contribution in [0.3, 0.4) is 0 Å². The Morgan fingerprint density at radius 3 is 0.921 bits per heavy atom. The zero-order valence-electron chi connectivity index (χ0n) is 34.4. The second-order valence-electron chi connectivity index (χ2n) is 11.5. The van der Waals surface area contributed by atoms with E-state index in [2.05, 4.69) is 48.5 Å². The maximum Gasteiger partial charge on any atom is 2.00 e. The number of aliphatic imine (C=N–C) groups is 2. The Bertz CT molecular complexity index is 1330. The van der Waals surface area contributed by atoms with E-state index < -0.39 is 23.9 Å². The van der Waals surface area contributed by atoms with Gasteiger partial charge in [-0.25, -0.2) is 35.7 Å². The fourth-order valence-corrected chi connectivity index (χ4v) is 4.34. The van der Waals surface area contributed by atoms with E-state index in [1.165, 1.54) is 11.8 Å². The molecule has 2 aliphatic heterocycles. The molecule has 63 heavy (non-hydrogen) atoms. The van der Waals surface area contributed by atoms with Crippen LogP contribution in [-0.4, -0.2) is 81.4 Å². The van der Waals surface area contributed by atoms with Crippen molar-refractivity contribution in [3.63, 3.8) is 0 Å². The Hall–Kier alpha value is -1.71. The Morgan fingerprint density at radius 2 is 0.714 bits per heavy atom. The first-order valence-corrected chi connectivity index (χ1v) is 17.7. The summed E-state index contributed by atoms with van der Waals surface area (Å²) in [6.45, 7) is 5.63. The third-order valence-electron chi connectivity index (χ3n) is 6.48. The van der Waals surface area contributed by atoms with E-state index >= 15 is 0 Å². The number of aliphatic carboxylic acids is 4. The standard InChI is InChI=1S/2C14H12NO.2C5H4.4C2H4O2.2Fe.3Pd/c2*1-2-8-12(9-3-1)14-15-13(10-16-14)11-6-4-5-7-11;2*1-2-4-5-3-1;4*1-2(3)4;;;;;/h2*1-9,13H,10H2;2*1-4H;4*1H3,(H,3,4);;;;;/q;;2*-1;;;;;2*+2;;;/t2*13-;;;;;;;;;;;/m11.........../s1. The summed E-state index contributed by atoms with van der Waals surface area (Å²) in [6, 6.07) is 20.4. The van der Waals surface area contributed by atoms with Crippen molar-refractivity contribution in [2.45, 2.75) is 39.8 Å². The number of hydrogen-bond donors (Lipinski definition) is 4. The van der Waals surface area contributed by atoms with Crippen molar-refractivity contribution in [1.29, 1.82) is 0 Å². The molecule has 0 aromatic heterocycles. The molecule has 0 unspecified atom stereocenters. The molecule has 4 N–H and O–H groups in total. The van der Waals surface area contributed by atoms with Crippen molar-refractivity contribution in [3.8, 4) is 0 Å². The molecule has 6 aliphatic rings. The van der Waals surface area contributed by atoms with Crippen LogP contribution >= 0.6 is 0 Å². The number of nitrogens with zero attached hydrogens (tertiary/aromatic N) is 2. The molecule has 0 spiro atoms. The molecule has 346 valence electrons. The van der Waals surface area contributed by atoms with Crippen molar-refractivity contribution >= 4 is 35.7 Å². The van der Waals surface area contributed by atoms with Gasteiger partial charge in [-0.3, -0.25) is 19.2 Å². The maximum absolute atomic E-state index is 9.00. The van der Waals surface area contributed by atoms with Crippen LogP contribution in [0.25, 0.3) is 0 Å². The van der Waals surface area contributed by atoms with Crippen molar-refractivity contribution in [3.05, 3.63) is 199 Å². The summed E-state index contributed by atoms with van der Waals surface area (Å²) in [6.07, 6.45) is 37.5. The van der Waals surface area contributed by atoms with Gasteiger partial charge in [0.25, 0.3) is 23.9 Å². The number of ether oxygens (including phenoxy) is 2. The number of benzene rings is 2. The van der Waals surface area contributed by atoms with Gasteiger partial charge in [-0.05, 0) is 75.6 Å². The number of carbonyl (C=O) groups is 4. The molecule has 4 aliphatic carbocycles. The van der Waals surface area contributed by atoms with Gasteiger partial charge < -0.3 is 42.7 Å². The van der Waals surface area contributed by atoms with Gasteiger partial charge in [-0.15, -0.1) is 0 Å². The van der Waals surface area contributed by atoms with E-state index in [0.717, 1.165) is 50.6 Å². The summed E-state index contributed by atoms with van der Waals surface area (Å²) >= 11 is 0. The molecule has 8 rings (SSSR count). The first-order valence-electron chi connectivity index (χ1n) is 17.7. The molecule has 2 atom stereocenters. The van der Waals surface area contributed by atoms with Crippen LogP contribution in [0.1, 0.15) is 38.8 Å². The van der Waals surface area contributed by atoms with Crippen molar-refractivity contribution in [1.82, 2.24) is 0 Å². The summed E-state index contributed by atoms with van der Waals surface area (Å²) in [5.41, 5.74) is 2.10. The normalized spacial score (nSPS) is 18.3. The smallest absolute Gasteiger partial charge is 0.481 e. The van der Waals surface area contributed by atoms with Crippen LogP contribution in [-0.2, 0) is 124 Å². The van der Waals surface area contributed by atoms with Gasteiger partial charge in [0.05, 0.1) is 12.1 Å². The predicted molar refractivity (Wildman–Crippen MR) is 220 cm³/mol. The maximum atomic E-state index is 9.00. The number of hydrogen-bond acceptors (Lipinski definition) is 8. The summed E-state index contributed by atoms with van der Waals surface area (Å²) in [4.78, 5) is 45.2. The fourth-order valence-electron chi connectivity index (χ4n) is 4.34. The van der Waals surface area contributed by atoms with Gasteiger partial charge in [-0.2, -0.15) is 0 Å². The van der Waals surface area contributed by atoms with E-state index in [1.807, 2.05) is 138 Å². The molecular formula is C46H48Fe2N2O10Pd3+2. The second kappa shape index (κ2) is 45.4. The van der Waals surface area contributed by atoms with Gasteiger partial charge in [-0.1, -0.05) is 62.1 Å². The molecule has 2 aromatic carbocycles. The Morgan fingerprint density at radius 1 is 0.476 bits per heavy atom. The SMILES string of the molecule is CC(=O)O.CC(=O)O.CC(=O)O.CC(=O)O.[C-]1[CH][CH][CH][CH]1.[C-]1[CH][CH][CH][CH]1.[CH]1[CH][CH][C]([C@H]2COC(c3ccccc3)=N2)[CH]1.[CH]1[CH][CH][C]([C@H]2COC(c3ccccc3)=N2)[CH]1.[Fe+2].[Fe+2].[Pd].[Pd].[Pd]. The summed E-state index contributed by atoms with van der Waals surface area (Å²) < 4.78 is 11.3. The van der Waals surface area contributed by atoms with Gasteiger partial charge in [0.2, 0.25) is 11.8 Å². The molecule has 2 heterocycles. The average molecular weight is 1220 g/mol. The second-order valence-corrected chi connectivity index (χ2v) is 11.5. The Kier molecular flexibility index (Phi) is 50.7. The van der Waals surface area contributed by atoms with Crippen molar-refractivity contribution in [2.24, 2.45) is 9.98 Å². The Balaban J connectivity index is -0.000000221. The van der Waals surface area contributed by atoms with E-state index in [-0.39, 0.29) is 107 Å². The van der Waals surface area contributed by atoms with Gasteiger partial charge in [0.1, 0.15) is 13.2 Å². The molecular weight excluding hydrogens is 1170 g/mol. The topological polar surface area (TPSA) is 192 Å². The van der Waals surface area contributed by atoms with E-state index in [4.69, 9.17) is 49.1 Å². The van der Waals surface area contributed by atoms with Crippen LogP contribution in [0, 0.1) is 127 Å². The molecule has 12 nitrogen and oxygen atoms in total. The molecule has 4 fully saturated rings. The molecule has 20 radical (unpaired) electrons. The van der Waals surface area contributed by atoms with Crippen molar-refractivity contribution < 1.29 is 144 Å². The number of rotatable bonds is 4. The van der Waals surface area contributed by atoms with E-state index in [1.54, 1.807) is 0 Å². The molecule has 0 saturated heterocycles. The van der Waals surface area contributed by atoms with Gasteiger partial charge in [0, 0.05) is 112 Å². The zero-order chi connectivity index (χ0) is 43.0. The third kappa shape index (κ3) is 39.2. The molecule has 17 heteroatoms. The predicted octanol–water partition coefficient (Wildman–Crippen LogP) is 6.62. The van der Waals surface area contributed by atoms with Gasteiger partial charge in [0.15, 0.2) is 0 Å². The summed E-state index contributed by atoms with van der Waals surface area (Å²) in [7, 11) is 0. The van der Waals surface area contributed by atoms with Crippen LogP contribution in [0.15, 0.2) is 70.6 Å². The van der Waals surface area contributed by atoms with E-state index in [9.17, 15) is 0 Å². The average Bonchev–Trinajstić information content (AvgIpc) is 4.02. The molecule has 4 saturated carbocycles. The van der Waals surface area contributed by atoms with Gasteiger partial charge >= 0.3 is 34.1 Å². The molecule has 0 amide bonds. The minimum Gasteiger partial charge on any atom is -0.481 e. The largest absolute Gasteiger partial charge is 2.00 e. The fraction of sp³-hybridized carbons (Fsp3) is 0.174. The first kappa shape index (κ1) is 70.3. The summed E-state index contributed by atoms with van der Waals surface area (Å²) in [5, 5.41) is 29.7. The van der Waals surface area contributed by atoms with Crippen LogP contribution in [0.4, 0.5) is 0 Å². The number of carboxylic acids is 4. The summed E-state index contributed by atoms with van der Waals surface area (Å²) in [5.74, 6) is 0.635. The first-order chi connectivity index (χ1) is 27.8. The monoisotopic (exact) mass is 1220 g/mol. The van der Waals surface area contributed by atoms with Crippen molar-refractivity contribution in [2.75, 3.05) is 13.2 Å². The van der Waals surface area contributed by atoms with Crippen LogP contribution in [0.2, 0.25) is 0 Å². The third-order valence-corrected chi connectivity index (χ3v) is 6.48. The number of carboxylic acid groups (broad SMARTS) is 4.